The van der Waals surface area contributed by atoms with Gasteiger partial charge in [0, 0.05) is 78.5 Å². The molecule has 5 N–H and O–H groups in total. The van der Waals surface area contributed by atoms with Crippen molar-refractivity contribution in [2.24, 2.45) is 28.2 Å². The van der Waals surface area contributed by atoms with Crippen LogP contribution in [0.2, 0.25) is 0 Å². The molecule has 84 heavy (non-hydrogen) atoms. The Kier molecular flexibility index (Phi) is 19.1. The molecule has 2 atom stereocenters. The molecule has 7 aromatic rings. The second-order valence-electron chi connectivity index (χ2n) is 19.7. The molecule has 0 saturated carbocycles. The molecule has 0 aliphatic heterocycles. The van der Waals surface area contributed by atoms with Crippen molar-refractivity contribution in [1.29, 1.82) is 0 Å². The lowest BCUT2D eigenvalue weighted by atomic mass is 10.00. The lowest BCUT2D eigenvalue weighted by molar-refractivity contribution is -0.140. The van der Waals surface area contributed by atoms with Crippen molar-refractivity contribution in [3.63, 3.8) is 0 Å². The minimum Gasteiger partial charge on any atom is -0.480 e. The van der Waals surface area contributed by atoms with Gasteiger partial charge in [-0.25, -0.2) is 41.5 Å². The number of benzene rings is 5. The van der Waals surface area contributed by atoms with Gasteiger partial charge in [0.15, 0.2) is 0 Å². The summed E-state index contributed by atoms with van der Waals surface area (Å²) in [6, 6.07) is 19.8. The van der Waals surface area contributed by atoms with E-state index in [-0.39, 0.29) is 48.2 Å². The van der Waals surface area contributed by atoms with Crippen LogP contribution < -0.4 is 38.4 Å². The smallest absolute Gasteiger partial charge is 0.407 e. The van der Waals surface area contributed by atoms with Crippen LogP contribution in [0, 0.1) is 37.1 Å². The summed E-state index contributed by atoms with van der Waals surface area (Å²) >= 11 is 0. The zero-order chi connectivity index (χ0) is 61.4. The molecule has 2 heterocycles. The summed E-state index contributed by atoms with van der Waals surface area (Å²) in [4.78, 5) is 130. The third-order valence-electron chi connectivity index (χ3n) is 14.1. The average molecular weight is 1160 g/mol. The fourth-order valence-corrected chi connectivity index (χ4v) is 9.25. The highest BCUT2D eigenvalue weighted by Gasteiger charge is 2.29. The van der Waals surface area contributed by atoms with Gasteiger partial charge in [-0.05, 0) is 77.1 Å². The average Bonchev–Trinajstić information content (AvgIpc) is 2.38. The summed E-state index contributed by atoms with van der Waals surface area (Å²) < 4.78 is 73.3. The topological polar surface area (TPSA) is 279 Å². The van der Waals surface area contributed by atoms with Crippen LogP contribution in [-0.2, 0) is 79.8 Å². The van der Waals surface area contributed by atoms with Gasteiger partial charge in [-0.2, -0.15) is 0 Å². The highest BCUT2D eigenvalue weighted by molar-refractivity contribution is 5.98. The van der Waals surface area contributed by atoms with Crippen LogP contribution in [0.5, 0.6) is 0 Å². The maximum absolute atomic E-state index is 15.9. The standard InChI is InChI=1S/C59H56F4N8O13/c1-31-47(53(75)69(5)58(82)67(31)3)38-16-12-33(13-17-38)26-44(55(77)78)65-51(73)49-40(60)22-36(23-41(49)61)28-71(46(72)20-21-64-57(81)84-30-35-10-8-7-9-11-35)29-37-24-42(62)50(43(63)25-37)52(74)66-45(56(79)80)27-34-14-18-39(19-15-34)48-32(2)68(4)59(83)70(6)54(48)76/h7-19,22-25,44-45H,20-21,26-30H2,1-6H3,(H,64,81)(H,65,73)(H,66,74)(H,77,78)(H,79,80)/t44-,45-/m0/s1. The summed E-state index contributed by atoms with van der Waals surface area (Å²) in [6.45, 7) is 1.29. The molecule has 0 bridgehead atoms. The lowest BCUT2D eigenvalue weighted by Gasteiger charge is -2.24. The number of hydrogen-bond acceptors (Lipinski definition) is 11. The van der Waals surface area contributed by atoms with Gasteiger partial charge in [0.2, 0.25) is 5.91 Å². The van der Waals surface area contributed by atoms with Crippen molar-refractivity contribution in [1.82, 2.24) is 39.1 Å². The van der Waals surface area contributed by atoms with Crippen LogP contribution in [0.15, 0.2) is 122 Å². The number of rotatable bonds is 21. The van der Waals surface area contributed by atoms with E-state index in [2.05, 4.69) is 16.0 Å². The maximum Gasteiger partial charge on any atom is 0.407 e. The largest absolute Gasteiger partial charge is 0.480 e. The van der Waals surface area contributed by atoms with E-state index in [1.165, 1.54) is 85.9 Å². The summed E-state index contributed by atoms with van der Waals surface area (Å²) in [5, 5.41) is 26.7. The first kappa shape index (κ1) is 61.4. The Labute approximate surface area is 475 Å². The Bertz CT molecular complexity index is 3730. The molecule has 25 heteroatoms. The Hall–Kier alpha value is -10.2. The van der Waals surface area contributed by atoms with Crippen molar-refractivity contribution in [3.05, 3.63) is 218 Å². The number of carbonyl (C=O) groups excluding carboxylic acids is 4. The van der Waals surface area contributed by atoms with Crippen LogP contribution in [0.4, 0.5) is 22.4 Å². The predicted molar refractivity (Wildman–Crippen MR) is 296 cm³/mol. The second kappa shape index (κ2) is 26.1. The normalized spacial score (nSPS) is 11.8. The number of hydrogen-bond donors (Lipinski definition) is 5. The molecule has 0 fully saturated rings. The minimum atomic E-state index is -1.74. The zero-order valence-electron chi connectivity index (χ0n) is 46.1. The molecular weight excluding hydrogens is 1100 g/mol. The molecule has 21 nitrogen and oxygen atoms in total. The van der Waals surface area contributed by atoms with Crippen molar-refractivity contribution in [3.8, 4) is 22.3 Å². The second-order valence-corrected chi connectivity index (χ2v) is 19.7. The monoisotopic (exact) mass is 1160 g/mol. The highest BCUT2D eigenvalue weighted by atomic mass is 19.1. The van der Waals surface area contributed by atoms with Crippen molar-refractivity contribution >= 4 is 35.8 Å². The van der Waals surface area contributed by atoms with E-state index in [4.69, 9.17) is 4.74 Å². The first-order valence-electron chi connectivity index (χ1n) is 25.7. The predicted octanol–water partition coefficient (Wildman–Crippen LogP) is 4.69. The molecule has 2 aromatic heterocycles. The molecule has 0 aliphatic rings. The highest BCUT2D eigenvalue weighted by Crippen LogP contribution is 2.25. The summed E-state index contributed by atoms with van der Waals surface area (Å²) in [6.07, 6.45) is -2.19. The number of halogens is 4. The van der Waals surface area contributed by atoms with Gasteiger partial charge in [-0.15, -0.1) is 0 Å². The van der Waals surface area contributed by atoms with E-state index in [0.717, 1.165) is 14.0 Å². The molecule has 5 aromatic carbocycles. The number of aliphatic carboxylic acids is 2. The summed E-state index contributed by atoms with van der Waals surface area (Å²) in [5.41, 5.74) is -1.93. The first-order chi connectivity index (χ1) is 39.7. The molecule has 0 spiro atoms. The van der Waals surface area contributed by atoms with E-state index >= 15 is 17.6 Å². The van der Waals surface area contributed by atoms with Crippen LogP contribution >= 0.6 is 0 Å². The quantitative estimate of drug-likeness (QED) is 0.0612. The zero-order valence-corrected chi connectivity index (χ0v) is 46.1. The molecule has 0 saturated heterocycles. The fourth-order valence-electron chi connectivity index (χ4n) is 9.25. The summed E-state index contributed by atoms with van der Waals surface area (Å²) in [5.74, 6) is -12.9. The van der Waals surface area contributed by atoms with Crippen LogP contribution in [0.1, 0.15) is 66.3 Å². The van der Waals surface area contributed by atoms with Crippen LogP contribution in [-0.4, -0.2) is 87.8 Å². The van der Waals surface area contributed by atoms with Crippen molar-refractivity contribution in [2.75, 3.05) is 6.54 Å². The molecular formula is C59H56F4N8O13. The Morgan fingerprint density at radius 2 is 0.917 bits per heavy atom. The SMILES string of the molecule is Cc1c(-c2ccc(C[C@H](NC(=O)c3c(F)cc(CN(Cc4cc(F)c(C(=O)N[C@@H](Cc5ccc(-c6c(C)n(C)c(=O)n(C)c6=O)cc5)C(=O)O)c(F)c4)C(=O)CCNC(=O)OCc4ccccc4)cc3F)C(=O)O)cc2)c(=O)n(C)c(=O)n1C. The third kappa shape index (κ3) is 13.9. The molecule has 0 aliphatic carbocycles. The maximum atomic E-state index is 15.9. The number of ether oxygens (including phenoxy) is 1. The lowest BCUT2D eigenvalue weighted by Crippen LogP contribution is -2.43. The van der Waals surface area contributed by atoms with Gasteiger partial charge >= 0.3 is 29.4 Å². The number of aromatic nitrogens is 4. The van der Waals surface area contributed by atoms with E-state index in [9.17, 15) is 58.2 Å². The summed E-state index contributed by atoms with van der Waals surface area (Å²) in [7, 11) is 5.61. The number of nitrogens with zero attached hydrogens (tertiary/aromatic N) is 5. The third-order valence-corrected chi connectivity index (χ3v) is 14.1. The first-order valence-corrected chi connectivity index (χ1v) is 25.7. The van der Waals surface area contributed by atoms with E-state index in [0.29, 0.717) is 63.5 Å². The van der Waals surface area contributed by atoms with E-state index in [1.54, 1.807) is 44.2 Å². The van der Waals surface area contributed by atoms with Crippen LogP contribution in [0.3, 0.4) is 0 Å². The number of nitrogens with one attached hydrogen (secondary N) is 3. The number of carbonyl (C=O) groups is 6. The minimum absolute atomic E-state index is 0.117. The fraction of sp³-hybridized carbons (Fsp3) is 0.254. The molecule has 0 unspecified atom stereocenters. The van der Waals surface area contributed by atoms with Gasteiger partial charge in [-0.1, -0.05) is 78.9 Å². The number of carboxylic acids is 2. The van der Waals surface area contributed by atoms with Gasteiger partial charge in [0.25, 0.3) is 22.9 Å². The van der Waals surface area contributed by atoms with Gasteiger partial charge in [0.1, 0.15) is 53.1 Å². The Morgan fingerprint density at radius 1 is 0.536 bits per heavy atom. The number of alkyl carbamates (subject to hydrolysis) is 1. The number of carboxylic acid groups (broad SMARTS) is 2. The van der Waals surface area contributed by atoms with Gasteiger partial charge < -0.3 is 44.9 Å². The van der Waals surface area contributed by atoms with Gasteiger partial charge in [0.05, 0.1) is 11.1 Å². The Balaban J connectivity index is 1.07. The Morgan fingerprint density at radius 3 is 1.29 bits per heavy atom. The van der Waals surface area contributed by atoms with Crippen molar-refractivity contribution < 1.29 is 61.3 Å². The molecule has 4 amide bonds. The number of amides is 4. The van der Waals surface area contributed by atoms with Gasteiger partial charge in [-0.3, -0.25) is 33.1 Å². The molecule has 438 valence electrons. The van der Waals surface area contributed by atoms with Crippen LogP contribution in [0.25, 0.3) is 22.3 Å². The molecule has 0 radical (unpaired) electrons. The van der Waals surface area contributed by atoms with Crippen molar-refractivity contribution in [2.45, 2.75) is 64.9 Å². The molecule has 7 rings (SSSR count). The van der Waals surface area contributed by atoms with E-state index in [1.807, 2.05) is 0 Å². The van der Waals surface area contributed by atoms with E-state index < -0.39 is 124 Å².